The highest BCUT2D eigenvalue weighted by Crippen LogP contribution is 2.42. The molecule has 0 saturated carbocycles. The fourth-order valence-electron chi connectivity index (χ4n) is 9.46. The molecule has 0 radical (unpaired) electrons. The molecule has 0 spiro atoms. The molecule has 9 heteroatoms. The van der Waals surface area contributed by atoms with Gasteiger partial charge in [0.2, 0.25) is 0 Å². The van der Waals surface area contributed by atoms with E-state index in [4.69, 9.17) is 9.47 Å². The summed E-state index contributed by atoms with van der Waals surface area (Å²) >= 11 is 0. The number of hydrogen-bond donors (Lipinski definition) is 5. The normalized spacial score (nSPS) is 40.4. The summed E-state index contributed by atoms with van der Waals surface area (Å²) in [6, 6.07) is 1.80. The zero-order valence-electron chi connectivity index (χ0n) is 27.7. The van der Waals surface area contributed by atoms with E-state index in [0.717, 1.165) is 37.7 Å². The van der Waals surface area contributed by atoms with E-state index in [0.29, 0.717) is 55.0 Å². The summed E-state index contributed by atoms with van der Waals surface area (Å²) in [7, 11) is 2.92. The van der Waals surface area contributed by atoms with Gasteiger partial charge < -0.3 is 35.8 Å². The van der Waals surface area contributed by atoms with Crippen LogP contribution in [0, 0.1) is 23.7 Å². The first kappa shape index (κ1) is 33.3. The van der Waals surface area contributed by atoms with Crippen molar-refractivity contribution in [3.63, 3.8) is 0 Å². The molecule has 12 atom stereocenters. The van der Waals surface area contributed by atoms with Crippen molar-refractivity contribution in [2.75, 3.05) is 20.8 Å². The predicted octanol–water partition coefficient (Wildman–Crippen LogP) is 3.14. The first-order valence-electron chi connectivity index (χ1n) is 16.9. The molecule has 5 N–H and O–H groups in total. The maximum Gasteiger partial charge on any atom is 0.305 e. The van der Waals surface area contributed by atoms with Crippen LogP contribution in [0.2, 0.25) is 0 Å². The number of fused-ring (bicyclic) bond motifs is 8. The summed E-state index contributed by atoms with van der Waals surface area (Å²) in [5, 5.41) is 26.5. The van der Waals surface area contributed by atoms with Gasteiger partial charge in [-0.2, -0.15) is 0 Å². The minimum absolute atomic E-state index is 0.0691. The lowest BCUT2D eigenvalue weighted by Gasteiger charge is -2.28. The SMILES string of the molecule is C=CC1C2CC3NC(CC4NC(CC5NC(CC(N2)C1C)C(C)=C5CCC(=O)OC)C(CCC(=O)OC)C4C)C(CO)=C3C. The fraction of sp³-hybridized carbons (Fsp3) is 0.771. The summed E-state index contributed by atoms with van der Waals surface area (Å²) < 4.78 is 10.0. The van der Waals surface area contributed by atoms with Gasteiger partial charge in [0.15, 0.2) is 0 Å². The highest BCUT2D eigenvalue weighted by molar-refractivity contribution is 5.69. The number of esters is 2. The van der Waals surface area contributed by atoms with Crippen LogP contribution < -0.4 is 21.3 Å². The number of nitrogens with one attached hydrogen (secondary N) is 4. The molecular formula is C35H56N4O5. The third kappa shape index (κ3) is 6.59. The smallest absolute Gasteiger partial charge is 0.305 e. The quantitative estimate of drug-likeness (QED) is 0.208. The Kier molecular flexibility index (Phi) is 10.7. The maximum absolute atomic E-state index is 12.2. The molecule has 5 rings (SSSR count). The molecule has 44 heavy (non-hydrogen) atoms. The van der Waals surface area contributed by atoms with Gasteiger partial charge in [0.1, 0.15) is 0 Å². The molecule has 5 heterocycles. The molecule has 3 fully saturated rings. The van der Waals surface area contributed by atoms with Crippen molar-refractivity contribution < 1.29 is 24.2 Å². The molecule has 3 saturated heterocycles. The molecule has 12 unspecified atom stereocenters. The third-order valence-corrected chi connectivity index (χ3v) is 12.2. The topological polar surface area (TPSA) is 121 Å². The average molecular weight is 613 g/mol. The van der Waals surface area contributed by atoms with Crippen molar-refractivity contribution in [3.8, 4) is 0 Å². The van der Waals surface area contributed by atoms with Crippen LogP contribution in [0.25, 0.3) is 0 Å². The summed E-state index contributed by atoms with van der Waals surface area (Å²) in [6.07, 6.45) is 8.11. The zero-order chi connectivity index (χ0) is 31.7. The summed E-state index contributed by atoms with van der Waals surface area (Å²) in [5.41, 5.74) is 5.10. The average Bonchev–Trinajstić information content (AvgIpc) is 3.67. The number of ether oxygens (including phenoxy) is 2. The number of aliphatic hydroxyl groups is 1. The van der Waals surface area contributed by atoms with Crippen LogP contribution in [0.15, 0.2) is 34.9 Å². The summed E-state index contributed by atoms with van der Waals surface area (Å²) in [5.74, 6) is 1.13. The van der Waals surface area contributed by atoms with Crippen molar-refractivity contribution in [2.24, 2.45) is 23.7 Å². The van der Waals surface area contributed by atoms with Gasteiger partial charge in [0, 0.05) is 61.2 Å². The van der Waals surface area contributed by atoms with Gasteiger partial charge in [-0.25, -0.2) is 0 Å². The second-order valence-corrected chi connectivity index (χ2v) is 14.2. The van der Waals surface area contributed by atoms with E-state index >= 15 is 0 Å². The number of carbonyl (C=O) groups is 2. The molecule has 0 amide bonds. The predicted molar refractivity (Wildman–Crippen MR) is 172 cm³/mol. The fourth-order valence-corrected chi connectivity index (χ4v) is 9.46. The van der Waals surface area contributed by atoms with Crippen LogP contribution in [0.4, 0.5) is 0 Å². The van der Waals surface area contributed by atoms with Crippen molar-refractivity contribution in [1.29, 1.82) is 0 Å². The Balaban J connectivity index is 1.49. The van der Waals surface area contributed by atoms with Crippen molar-refractivity contribution in [2.45, 2.75) is 127 Å². The number of carbonyl (C=O) groups excluding carboxylic acids is 2. The lowest BCUT2D eigenvalue weighted by molar-refractivity contribution is -0.141. The van der Waals surface area contributed by atoms with Crippen LogP contribution in [-0.4, -0.2) is 86.2 Å². The van der Waals surface area contributed by atoms with E-state index in [9.17, 15) is 14.7 Å². The van der Waals surface area contributed by atoms with E-state index in [-0.39, 0.29) is 54.8 Å². The van der Waals surface area contributed by atoms with Gasteiger partial charge in [0.05, 0.1) is 20.8 Å². The van der Waals surface area contributed by atoms with Gasteiger partial charge in [-0.15, -0.1) is 6.58 Å². The molecule has 9 nitrogen and oxygen atoms in total. The molecule has 0 aliphatic carbocycles. The first-order valence-corrected chi connectivity index (χ1v) is 16.9. The molecule has 0 aromatic rings. The summed E-state index contributed by atoms with van der Waals surface area (Å²) in [6.45, 7) is 13.4. The van der Waals surface area contributed by atoms with Gasteiger partial charge in [-0.1, -0.05) is 36.6 Å². The first-order chi connectivity index (χ1) is 21.1. The Labute approximate surface area is 264 Å². The Morgan fingerprint density at radius 1 is 0.773 bits per heavy atom. The Morgan fingerprint density at radius 2 is 1.30 bits per heavy atom. The highest BCUT2D eigenvalue weighted by atomic mass is 16.5. The summed E-state index contributed by atoms with van der Waals surface area (Å²) in [4.78, 5) is 24.5. The van der Waals surface area contributed by atoms with Crippen LogP contribution in [0.3, 0.4) is 0 Å². The van der Waals surface area contributed by atoms with Crippen LogP contribution >= 0.6 is 0 Å². The Morgan fingerprint density at radius 3 is 1.93 bits per heavy atom. The van der Waals surface area contributed by atoms with Gasteiger partial charge in [-0.05, 0) is 81.6 Å². The number of aliphatic hydroxyl groups excluding tert-OH is 1. The minimum Gasteiger partial charge on any atom is -0.469 e. The lowest BCUT2D eigenvalue weighted by atomic mass is 9.80. The van der Waals surface area contributed by atoms with Crippen LogP contribution in [0.5, 0.6) is 0 Å². The minimum atomic E-state index is -0.178. The van der Waals surface area contributed by atoms with Gasteiger partial charge >= 0.3 is 11.9 Å². The van der Waals surface area contributed by atoms with E-state index in [2.05, 4.69) is 61.6 Å². The molecule has 246 valence electrons. The van der Waals surface area contributed by atoms with Crippen molar-refractivity contribution in [1.82, 2.24) is 21.3 Å². The van der Waals surface area contributed by atoms with E-state index in [1.54, 1.807) is 0 Å². The largest absolute Gasteiger partial charge is 0.469 e. The molecule has 8 bridgehead atoms. The molecule has 5 aliphatic heterocycles. The lowest BCUT2D eigenvalue weighted by Crippen LogP contribution is -2.46. The molecule has 0 aromatic carbocycles. The monoisotopic (exact) mass is 612 g/mol. The molecular weight excluding hydrogens is 556 g/mol. The number of methoxy groups -OCH3 is 2. The van der Waals surface area contributed by atoms with Crippen LogP contribution in [0.1, 0.15) is 79.1 Å². The van der Waals surface area contributed by atoms with Crippen molar-refractivity contribution in [3.05, 3.63) is 34.9 Å². The zero-order valence-corrected chi connectivity index (χ0v) is 27.7. The van der Waals surface area contributed by atoms with Crippen LogP contribution in [-0.2, 0) is 19.1 Å². The second-order valence-electron chi connectivity index (χ2n) is 14.2. The van der Waals surface area contributed by atoms with Crippen molar-refractivity contribution >= 4 is 11.9 Å². The third-order valence-electron chi connectivity index (χ3n) is 12.2. The standard InChI is InChI=1S/C35H56N4O5/c1-8-22-18(2)26-13-27-19(3)23(9-11-34(41)43-6)31(37-27)16-32-24(10-12-35(42)44-7)20(4)28(38-32)15-33-25(17-40)21(5)29(39-33)14-30(22)36-26/h8,18,20,22,24,26-33,36-40H,1,9-17H2,2-7H3. The maximum atomic E-state index is 12.2. The van der Waals surface area contributed by atoms with E-state index in [1.165, 1.54) is 30.9 Å². The van der Waals surface area contributed by atoms with Gasteiger partial charge in [0.25, 0.3) is 0 Å². The number of rotatable bonds is 8. The highest BCUT2D eigenvalue weighted by Gasteiger charge is 2.47. The Hall–Kier alpha value is -2.04. The second kappa shape index (κ2) is 14.2. The van der Waals surface area contributed by atoms with E-state index in [1.807, 2.05) is 0 Å². The van der Waals surface area contributed by atoms with Gasteiger partial charge in [-0.3, -0.25) is 9.59 Å². The molecule has 0 aromatic heterocycles. The van der Waals surface area contributed by atoms with E-state index < -0.39 is 0 Å². The molecule has 5 aliphatic rings. The number of hydrogen-bond acceptors (Lipinski definition) is 9. The Bertz CT molecular complexity index is 1150.